The number of unbranched alkanes of at least 4 members (excludes halogenated alkanes) is 15. The molecule has 0 fully saturated rings. The maximum atomic E-state index is 12.6. The fourth-order valence-corrected chi connectivity index (χ4v) is 6.74. The van der Waals surface area contributed by atoms with Gasteiger partial charge >= 0.3 is 19.8 Å². The first-order valence-electron chi connectivity index (χ1n) is 23.5. The summed E-state index contributed by atoms with van der Waals surface area (Å²) >= 11 is 0. The lowest BCUT2D eigenvalue weighted by atomic mass is 10.1. The fourth-order valence-electron chi connectivity index (χ4n) is 5.95. The molecule has 0 rings (SSSR count). The number of phosphoric ester groups is 1. The second-order valence-corrected chi connectivity index (χ2v) is 16.8. The molecule has 3 N–H and O–H groups in total. The summed E-state index contributed by atoms with van der Waals surface area (Å²) in [6.07, 6.45) is 54.2. The van der Waals surface area contributed by atoms with Crippen molar-refractivity contribution in [3.05, 3.63) is 85.1 Å². The van der Waals surface area contributed by atoms with Gasteiger partial charge in [-0.3, -0.25) is 18.6 Å². The smallest absolute Gasteiger partial charge is 0.462 e. The molecule has 0 aliphatic carbocycles. The van der Waals surface area contributed by atoms with Crippen LogP contribution in [0.15, 0.2) is 85.1 Å². The molecule has 0 radical (unpaired) electrons. The zero-order valence-electron chi connectivity index (χ0n) is 38.1. The van der Waals surface area contributed by atoms with Crippen LogP contribution in [-0.4, -0.2) is 65.7 Å². The molecule has 0 aliphatic heterocycles. The molecule has 0 spiro atoms. The van der Waals surface area contributed by atoms with Crippen LogP contribution in [0, 0.1) is 0 Å². The van der Waals surface area contributed by atoms with Gasteiger partial charge in [0.1, 0.15) is 12.7 Å². The van der Waals surface area contributed by atoms with Crippen LogP contribution in [0.25, 0.3) is 0 Å². The Bertz CT molecular complexity index is 1280. The van der Waals surface area contributed by atoms with Gasteiger partial charge in [0.05, 0.1) is 19.8 Å². The second-order valence-electron chi connectivity index (χ2n) is 15.4. The normalized spacial score (nSPS) is 14.5. The minimum Gasteiger partial charge on any atom is -0.462 e. The monoisotopic (exact) mass is 877 g/mol. The number of carbonyl (C=O) groups is 2. The highest BCUT2D eigenvalue weighted by Crippen LogP contribution is 2.43. The van der Waals surface area contributed by atoms with E-state index in [-0.39, 0.29) is 19.4 Å². The van der Waals surface area contributed by atoms with Crippen molar-refractivity contribution >= 4 is 19.8 Å². The number of phosphoric acid groups is 1. The van der Waals surface area contributed by atoms with Crippen LogP contribution in [0.3, 0.4) is 0 Å². The Labute approximate surface area is 371 Å². The number of hydrogen-bond acceptors (Lipinski definition) is 9. The number of rotatable bonds is 43. The number of ether oxygens (including phenoxy) is 2. The summed E-state index contributed by atoms with van der Waals surface area (Å²) in [6.45, 7) is 2.18. The van der Waals surface area contributed by atoms with Gasteiger partial charge in [0.25, 0.3) is 0 Å². The first-order valence-corrected chi connectivity index (χ1v) is 25.0. The lowest BCUT2D eigenvalue weighted by molar-refractivity contribution is -0.161. The number of aliphatic hydroxyl groups is 2. The standard InChI is InChI=1S/C50H85O10P/c1-3-5-7-9-11-13-15-17-19-21-23-25-27-29-31-33-35-37-39-41-49(53)57-45-48(46-59-61(55,56)58-44-47(52)43-51)60-50(54)42-40-38-36-34-32-30-28-26-24-22-20-18-16-14-12-10-8-6-4-2/h5,7,11,13,17,19,22-25,29,31,35,37,47-48,51-52H,3-4,6,8-10,12,14-16,18,20-21,26-28,30,32-34,36,38-46H2,1-2H3,(H,55,56)/b7-5-,13-11-,19-17-,24-22-,25-23-,31-29-,37-35-/t47-,48+/m0/s1. The number of aliphatic hydroxyl groups excluding tert-OH is 2. The lowest BCUT2D eigenvalue weighted by Gasteiger charge is -2.20. The first-order chi connectivity index (χ1) is 29.7. The van der Waals surface area contributed by atoms with Gasteiger partial charge in [0.15, 0.2) is 6.10 Å². The summed E-state index contributed by atoms with van der Waals surface area (Å²) in [5.41, 5.74) is 0. The van der Waals surface area contributed by atoms with Crippen molar-refractivity contribution in [1.29, 1.82) is 0 Å². The Hall–Kier alpha value is -2.85. The fraction of sp³-hybridized carbons (Fsp3) is 0.680. The van der Waals surface area contributed by atoms with Gasteiger partial charge in [-0.2, -0.15) is 0 Å². The third-order valence-corrected chi connectivity index (χ3v) is 10.5. The summed E-state index contributed by atoms with van der Waals surface area (Å²) in [4.78, 5) is 35.1. The summed E-state index contributed by atoms with van der Waals surface area (Å²) in [7, 11) is -4.64. The Balaban J connectivity index is 4.38. The Morgan fingerprint density at radius 1 is 0.508 bits per heavy atom. The van der Waals surface area contributed by atoms with Gasteiger partial charge in [0, 0.05) is 12.8 Å². The highest BCUT2D eigenvalue weighted by Gasteiger charge is 2.27. The number of esters is 2. The molecule has 350 valence electrons. The number of allylic oxidation sites excluding steroid dienone is 14. The minimum absolute atomic E-state index is 0.112. The van der Waals surface area contributed by atoms with Crippen LogP contribution in [0.1, 0.15) is 181 Å². The van der Waals surface area contributed by atoms with Crippen LogP contribution in [0.2, 0.25) is 0 Å². The molecule has 10 nitrogen and oxygen atoms in total. The minimum atomic E-state index is -4.64. The molecule has 0 amide bonds. The average Bonchev–Trinajstić information content (AvgIpc) is 3.25. The first kappa shape index (κ1) is 58.1. The van der Waals surface area contributed by atoms with Crippen molar-refractivity contribution in [1.82, 2.24) is 0 Å². The zero-order valence-corrected chi connectivity index (χ0v) is 39.0. The summed E-state index contributed by atoms with van der Waals surface area (Å²) in [5, 5.41) is 18.4. The van der Waals surface area contributed by atoms with Gasteiger partial charge in [-0.1, -0.05) is 176 Å². The van der Waals surface area contributed by atoms with E-state index in [4.69, 9.17) is 19.1 Å². The second kappa shape index (κ2) is 45.2. The highest BCUT2D eigenvalue weighted by atomic mass is 31.2. The average molecular weight is 877 g/mol. The third kappa shape index (κ3) is 45.0. The van der Waals surface area contributed by atoms with Gasteiger partial charge in [-0.15, -0.1) is 0 Å². The van der Waals surface area contributed by atoms with Crippen LogP contribution in [-0.2, 0) is 32.7 Å². The molecule has 61 heavy (non-hydrogen) atoms. The summed E-state index contributed by atoms with van der Waals surface area (Å²) < 4.78 is 32.7. The predicted octanol–water partition coefficient (Wildman–Crippen LogP) is 13.0. The van der Waals surface area contributed by atoms with Crippen molar-refractivity contribution in [2.75, 3.05) is 26.4 Å². The molecule has 3 atom stereocenters. The van der Waals surface area contributed by atoms with Crippen molar-refractivity contribution in [2.24, 2.45) is 0 Å². The highest BCUT2D eigenvalue weighted by molar-refractivity contribution is 7.47. The molecule has 0 aromatic rings. The van der Waals surface area contributed by atoms with Gasteiger partial charge < -0.3 is 24.6 Å². The van der Waals surface area contributed by atoms with E-state index >= 15 is 0 Å². The number of hydrogen-bond donors (Lipinski definition) is 3. The van der Waals surface area contributed by atoms with E-state index in [0.717, 1.165) is 64.2 Å². The van der Waals surface area contributed by atoms with E-state index in [2.05, 4.69) is 91.3 Å². The maximum Gasteiger partial charge on any atom is 0.472 e. The van der Waals surface area contributed by atoms with Crippen LogP contribution in [0.5, 0.6) is 0 Å². The van der Waals surface area contributed by atoms with Gasteiger partial charge in [-0.05, 0) is 77.0 Å². The van der Waals surface area contributed by atoms with Crippen molar-refractivity contribution in [3.63, 3.8) is 0 Å². The molecule has 0 heterocycles. The SMILES string of the molecule is CC/C=C\C/C=C\C/C=C\C/C=C\C/C=C\C/C=C\CCC(=O)OC[C@H](COP(=O)(O)OC[C@@H](O)CO)OC(=O)CCCCCCCCC/C=C\CCCCCCCCCC. The molecule has 11 heteroatoms. The Morgan fingerprint density at radius 3 is 1.43 bits per heavy atom. The van der Waals surface area contributed by atoms with E-state index in [0.29, 0.717) is 12.8 Å². The maximum absolute atomic E-state index is 12.6. The Kier molecular flexibility index (Phi) is 43.1. The Morgan fingerprint density at radius 2 is 0.934 bits per heavy atom. The van der Waals surface area contributed by atoms with E-state index in [1.54, 1.807) is 0 Å². The largest absolute Gasteiger partial charge is 0.472 e. The van der Waals surface area contributed by atoms with Gasteiger partial charge in [-0.25, -0.2) is 4.57 Å². The summed E-state index contributed by atoms with van der Waals surface area (Å²) in [5.74, 6) is -1.03. The van der Waals surface area contributed by atoms with Crippen LogP contribution < -0.4 is 0 Å². The molecule has 0 aromatic carbocycles. The van der Waals surface area contributed by atoms with Crippen LogP contribution >= 0.6 is 7.82 Å². The molecule has 0 saturated carbocycles. The molecule has 1 unspecified atom stereocenters. The number of carbonyl (C=O) groups excluding carboxylic acids is 2. The molecular formula is C50H85O10P. The quantitative estimate of drug-likeness (QED) is 0.0234. The zero-order chi connectivity index (χ0) is 44.8. The summed E-state index contributed by atoms with van der Waals surface area (Å²) in [6, 6.07) is 0. The van der Waals surface area contributed by atoms with Crippen molar-refractivity contribution in [3.8, 4) is 0 Å². The van der Waals surface area contributed by atoms with E-state index < -0.39 is 51.8 Å². The molecule has 0 bridgehead atoms. The van der Waals surface area contributed by atoms with Gasteiger partial charge in [0.2, 0.25) is 0 Å². The van der Waals surface area contributed by atoms with Crippen molar-refractivity contribution in [2.45, 2.75) is 193 Å². The topological polar surface area (TPSA) is 149 Å². The van der Waals surface area contributed by atoms with E-state index in [1.807, 2.05) is 12.2 Å². The molecular weight excluding hydrogens is 792 g/mol. The molecule has 0 aromatic heterocycles. The van der Waals surface area contributed by atoms with Crippen molar-refractivity contribution < 1.29 is 47.8 Å². The van der Waals surface area contributed by atoms with E-state index in [9.17, 15) is 24.2 Å². The van der Waals surface area contributed by atoms with Crippen LogP contribution in [0.4, 0.5) is 0 Å². The third-order valence-electron chi connectivity index (χ3n) is 9.55. The lowest BCUT2D eigenvalue weighted by Crippen LogP contribution is -2.29. The molecule has 0 aliphatic rings. The molecule has 0 saturated heterocycles. The van der Waals surface area contributed by atoms with E-state index in [1.165, 1.54) is 77.0 Å². The predicted molar refractivity (Wildman–Crippen MR) is 251 cm³/mol.